The Labute approximate surface area is 89.8 Å². The molecule has 2 heterocycles. The van der Waals surface area contributed by atoms with Crippen LogP contribution < -0.4 is 5.32 Å². The summed E-state index contributed by atoms with van der Waals surface area (Å²) in [7, 11) is 0. The number of hydrogen-bond acceptors (Lipinski definition) is 3. The number of fused-ring (bicyclic) bond motifs is 1. The van der Waals surface area contributed by atoms with Crippen molar-refractivity contribution in [2.45, 2.75) is 31.6 Å². The third kappa shape index (κ3) is 1.50. The maximum absolute atomic E-state index is 12.6. The van der Waals surface area contributed by atoms with E-state index in [4.69, 9.17) is 0 Å². The summed E-state index contributed by atoms with van der Waals surface area (Å²) in [5, 5.41) is 10.2. The highest BCUT2D eigenvalue weighted by atomic mass is 19.4. The molecule has 1 aliphatic carbocycles. The molecular weight excluding hydrogens is 221 g/mol. The molecule has 0 amide bonds. The fourth-order valence-corrected chi connectivity index (χ4v) is 2.21. The van der Waals surface area contributed by atoms with Crippen LogP contribution in [-0.2, 0) is 12.7 Å². The Balaban J connectivity index is 2.00. The molecule has 0 spiro atoms. The number of hydrogen-bond donors (Lipinski definition) is 1. The number of nitrogens with one attached hydrogen (secondary N) is 1. The summed E-state index contributed by atoms with van der Waals surface area (Å²) in [6.45, 7) is 0.843. The van der Waals surface area contributed by atoms with Gasteiger partial charge < -0.3 is 9.88 Å². The van der Waals surface area contributed by atoms with Crippen molar-refractivity contribution >= 4 is 0 Å². The van der Waals surface area contributed by atoms with E-state index in [1.54, 1.807) is 0 Å². The molecule has 1 aromatic rings. The van der Waals surface area contributed by atoms with Crippen LogP contribution in [0.15, 0.2) is 0 Å². The second-order valence-electron chi connectivity index (χ2n) is 4.30. The molecule has 88 valence electrons. The average molecular weight is 232 g/mol. The topological polar surface area (TPSA) is 42.7 Å². The van der Waals surface area contributed by atoms with Gasteiger partial charge in [0.25, 0.3) is 0 Å². The van der Waals surface area contributed by atoms with Crippen molar-refractivity contribution in [1.29, 1.82) is 0 Å². The van der Waals surface area contributed by atoms with Crippen molar-refractivity contribution < 1.29 is 13.2 Å². The highest BCUT2D eigenvalue weighted by molar-refractivity contribution is 5.10. The summed E-state index contributed by atoms with van der Waals surface area (Å²) >= 11 is 0. The first-order valence-corrected chi connectivity index (χ1v) is 5.31. The van der Waals surface area contributed by atoms with Gasteiger partial charge in [-0.25, -0.2) is 0 Å². The van der Waals surface area contributed by atoms with Crippen molar-refractivity contribution in [2.24, 2.45) is 5.92 Å². The Morgan fingerprint density at radius 2 is 2.00 bits per heavy atom. The summed E-state index contributed by atoms with van der Waals surface area (Å²) in [6.07, 6.45) is -2.28. The maximum atomic E-state index is 12.6. The standard InChI is InChI=1S/C9H11F3N4/c10-9(11,12)8-15-14-7-6(5-1-2-5)13-3-4-16(7)8/h5-6,13H,1-4H2. The van der Waals surface area contributed by atoms with Crippen LogP contribution in [0.2, 0.25) is 0 Å². The molecule has 0 bridgehead atoms. The lowest BCUT2D eigenvalue weighted by Crippen LogP contribution is -2.36. The Bertz CT molecular complexity index is 407. The van der Waals surface area contributed by atoms with Gasteiger partial charge in [0.05, 0.1) is 6.04 Å². The molecule has 1 saturated carbocycles. The summed E-state index contributed by atoms with van der Waals surface area (Å²) in [4.78, 5) is 0. The first kappa shape index (κ1) is 10.1. The van der Waals surface area contributed by atoms with Gasteiger partial charge in [-0.1, -0.05) is 0 Å². The predicted octanol–water partition coefficient (Wildman–Crippen LogP) is 1.35. The van der Waals surface area contributed by atoms with Crippen LogP contribution in [-0.4, -0.2) is 21.3 Å². The van der Waals surface area contributed by atoms with E-state index in [-0.39, 0.29) is 6.04 Å². The van der Waals surface area contributed by atoms with Crippen LogP contribution in [0.4, 0.5) is 13.2 Å². The lowest BCUT2D eigenvalue weighted by Gasteiger charge is -2.25. The first-order chi connectivity index (χ1) is 7.57. The Morgan fingerprint density at radius 1 is 1.25 bits per heavy atom. The quantitative estimate of drug-likeness (QED) is 0.794. The zero-order valence-corrected chi connectivity index (χ0v) is 8.46. The van der Waals surface area contributed by atoms with Crippen LogP contribution in [0.25, 0.3) is 0 Å². The van der Waals surface area contributed by atoms with Gasteiger partial charge in [-0.2, -0.15) is 13.2 Å². The predicted molar refractivity (Wildman–Crippen MR) is 48.5 cm³/mol. The molecule has 0 radical (unpaired) electrons. The van der Waals surface area contributed by atoms with Crippen molar-refractivity contribution in [3.63, 3.8) is 0 Å². The molecule has 1 aromatic heterocycles. The molecule has 4 nitrogen and oxygen atoms in total. The third-order valence-corrected chi connectivity index (χ3v) is 3.10. The molecule has 0 saturated heterocycles. The average Bonchev–Trinajstić information content (AvgIpc) is 2.94. The van der Waals surface area contributed by atoms with E-state index in [0.29, 0.717) is 24.8 Å². The monoisotopic (exact) mass is 232 g/mol. The van der Waals surface area contributed by atoms with Gasteiger partial charge in [-0.15, -0.1) is 10.2 Å². The van der Waals surface area contributed by atoms with Gasteiger partial charge in [0, 0.05) is 13.1 Å². The van der Waals surface area contributed by atoms with Crippen LogP contribution in [0.3, 0.4) is 0 Å². The second kappa shape index (κ2) is 3.19. The minimum Gasteiger partial charge on any atom is -0.305 e. The lowest BCUT2D eigenvalue weighted by atomic mass is 10.1. The van der Waals surface area contributed by atoms with E-state index in [1.165, 1.54) is 4.57 Å². The van der Waals surface area contributed by atoms with Gasteiger partial charge >= 0.3 is 6.18 Å². The minimum atomic E-state index is -4.41. The van der Waals surface area contributed by atoms with Gasteiger partial charge in [-0.3, -0.25) is 0 Å². The van der Waals surface area contributed by atoms with Gasteiger partial charge in [0.1, 0.15) is 0 Å². The number of nitrogens with zero attached hydrogens (tertiary/aromatic N) is 3. The molecular formula is C9H11F3N4. The van der Waals surface area contributed by atoms with Crippen molar-refractivity contribution in [1.82, 2.24) is 20.1 Å². The molecule has 1 unspecified atom stereocenters. The van der Waals surface area contributed by atoms with Gasteiger partial charge in [0.2, 0.25) is 5.82 Å². The summed E-state index contributed by atoms with van der Waals surface area (Å²) < 4.78 is 39.0. The summed E-state index contributed by atoms with van der Waals surface area (Å²) in [5.74, 6) is 0.0139. The van der Waals surface area contributed by atoms with Crippen LogP contribution in [0, 0.1) is 5.92 Å². The van der Waals surface area contributed by atoms with Crippen molar-refractivity contribution in [3.8, 4) is 0 Å². The number of halogens is 3. The molecule has 1 aliphatic heterocycles. The van der Waals surface area contributed by atoms with E-state index in [1.807, 2.05) is 0 Å². The minimum absolute atomic E-state index is 0.0441. The number of aromatic nitrogens is 3. The highest BCUT2D eigenvalue weighted by Crippen LogP contribution is 2.42. The van der Waals surface area contributed by atoms with E-state index in [9.17, 15) is 13.2 Å². The first-order valence-electron chi connectivity index (χ1n) is 5.31. The number of rotatable bonds is 1. The lowest BCUT2D eigenvalue weighted by molar-refractivity contribution is -0.147. The third-order valence-electron chi connectivity index (χ3n) is 3.10. The molecule has 1 N–H and O–H groups in total. The van der Waals surface area contributed by atoms with E-state index >= 15 is 0 Å². The molecule has 0 aromatic carbocycles. The maximum Gasteiger partial charge on any atom is 0.451 e. The van der Waals surface area contributed by atoms with Gasteiger partial charge in [-0.05, 0) is 18.8 Å². The Kier molecular flexibility index (Phi) is 2.01. The fourth-order valence-electron chi connectivity index (χ4n) is 2.21. The fraction of sp³-hybridized carbons (Fsp3) is 0.778. The van der Waals surface area contributed by atoms with Crippen molar-refractivity contribution in [3.05, 3.63) is 11.6 Å². The molecule has 2 aliphatic rings. The molecule has 1 atom stereocenters. The molecule has 7 heteroatoms. The van der Waals surface area contributed by atoms with E-state index in [2.05, 4.69) is 15.5 Å². The van der Waals surface area contributed by atoms with Crippen LogP contribution in [0.1, 0.15) is 30.5 Å². The molecule has 16 heavy (non-hydrogen) atoms. The van der Waals surface area contributed by atoms with Crippen LogP contribution >= 0.6 is 0 Å². The molecule has 3 rings (SSSR count). The van der Waals surface area contributed by atoms with E-state index in [0.717, 1.165) is 12.8 Å². The summed E-state index contributed by atoms with van der Waals surface area (Å²) in [5.41, 5.74) is 0. The smallest absolute Gasteiger partial charge is 0.305 e. The SMILES string of the molecule is FC(F)(F)c1nnc2n1CCNC2C1CC1. The zero-order valence-electron chi connectivity index (χ0n) is 8.46. The molecule has 1 fully saturated rings. The Morgan fingerprint density at radius 3 is 2.62 bits per heavy atom. The van der Waals surface area contributed by atoms with Crippen LogP contribution in [0.5, 0.6) is 0 Å². The van der Waals surface area contributed by atoms with E-state index < -0.39 is 12.0 Å². The largest absolute Gasteiger partial charge is 0.451 e. The normalized spacial score (nSPS) is 25.6. The van der Waals surface area contributed by atoms with Gasteiger partial charge in [0.15, 0.2) is 5.82 Å². The Hall–Kier alpha value is -1.11. The zero-order chi connectivity index (χ0) is 11.3. The highest BCUT2D eigenvalue weighted by Gasteiger charge is 2.43. The second-order valence-corrected chi connectivity index (χ2v) is 4.30. The summed E-state index contributed by atoms with van der Waals surface area (Å²) in [6, 6.07) is -0.0441. The number of alkyl halides is 3. The van der Waals surface area contributed by atoms with Crippen molar-refractivity contribution in [2.75, 3.05) is 6.54 Å².